The quantitative estimate of drug-likeness (QED) is 0.463. The monoisotopic (exact) mass is 142 g/mol. The number of nitrogens with zero attached hydrogens (tertiary/aromatic N) is 1. The van der Waals surface area contributed by atoms with Crippen molar-refractivity contribution in [3.8, 4) is 0 Å². The van der Waals surface area contributed by atoms with Crippen LogP contribution in [-0.2, 0) is 0 Å². The maximum atomic E-state index is 9.34. The van der Waals surface area contributed by atoms with Gasteiger partial charge in [-0.05, 0) is 19.4 Å². The predicted molar refractivity (Wildman–Crippen MR) is 38.6 cm³/mol. The van der Waals surface area contributed by atoms with Gasteiger partial charge < -0.3 is 10.8 Å². The summed E-state index contributed by atoms with van der Waals surface area (Å²) < 4.78 is 0. The molecule has 0 radical (unpaired) electrons. The first kappa shape index (κ1) is 6.58. The molecule has 0 bridgehead atoms. The summed E-state index contributed by atoms with van der Waals surface area (Å²) in [5.74, 6) is 0. The van der Waals surface area contributed by atoms with Crippen molar-refractivity contribution < 1.29 is 5.11 Å². The lowest BCUT2D eigenvalue weighted by Crippen LogP contribution is -2.39. The van der Waals surface area contributed by atoms with Crippen LogP contribution < -0.4 is 5.73 Å². The smallest absolute Gasteiger partial charge is 0.0833 e. The number of aliphatic hydroxyl groups is 1. The van der Waals surface area contributed by atoms with Gasteiger partial charge >= 0.3 is 0 Å². The van der Waals surface area contributed by atoms with Crippen molar-refractivity contribution in [3.63, 3.8) is 0 Å². The normalized spacial score (nSPS) is 48.0. The Labute approximate surface area is 60.8 Å². The van der Waals surface area contributed by atoms with E-state index in [1.807, 2.05) is 0 Å². The van der Waals surface area contributed by atoms with E-state index in [-0.39, 0.29) is 12.1 Å². The molecule has 0 aromatic carbocycles. The third-order valence-electron chi connectivity index (χ3n) is 2.72. The van der Waals surface area contributed by atoms with Gasteiger partial charge in [-0.25, -0.2) is 0 Å². The summed E-state index contributed by atoms with van der Waals surface area (Å²) in [6.07, 6.45) is 2.16. The van der Waals surface area contributed by atoms with Gasteiger partial charge in [0.1, 0.15) is 0 Å². The van der Waals surface area contributed by atoms with E-state index >= 15 is 0 Å². The number of rotatable bonds is 0. The summed E-state index contributed by atoms with van der Waals surface area (Å²) in [5, 5.41) is 9.34. The first-order chi connectivity index (χ1) is 4.79. The summed E-state index contributed by atoms with van der Waals surface area (Å²) >= 11 is 0. The van der Waals surface area contributed by atoms with Crippen molar-refractivity contribution in [3.05, 3.63) is 0 Å². The number of nitrogens with two attached hydrogens (primary N) is 1. The van der Waals surface area contributed by atoms with Gasteiger partial charge in [0.15, 0.2) is 0 Å². The second-order valence-corrected chi connectivity index (χ2v) is 3.35. The van der Waals surface area contributed by atoms with E-state index in [9.17, 15) is 5.11 Å². The highest BCUT2D eigenvalue weighted by molar-refractivity contribution is 4.99. The van der Waals surface area contributed by atoms with E-state index in [0.29, 0.717) is 6.04 Å². The highest BCUT2D eigenvalue weighted by Gasteiger charge is 2.40. The van der Waals surface area contributed by atoms with Crippen LogP contribution in [0.4, 0.5) is 0 Å². The Morgan fingerprint density at radius 2 is 2.30 bits per heavy atom. The maximum Gasteiger partial charge on any atom is 0.0833 e. The molecule has 2 saturated heterocycles. The Hall–Kier alpha value is -0.120. The minimum absolute atomic E-state index is 0.0162. The van der Waals surface area contributed by atoms with Crippen molar-refractivity contribution in [1.29, 1.82) is 0 Å². The van der Waals surface area contributed by atoms with Crippen LogP contribution in [0.15, 0.2) is 0 Å². The average Bonchev–Trinajstić information content (AvgIpc) is 2.41. The topological polar surface area (TPSA) is 49.5 Å². The van der Waals surface area contributed by atoms with Crippen molar-refractivity contribution in [1.82, 2.24) is 4.90 Å². The summed E-state index contributed by atoms with van der Waals surface area (Å²) in [6.45, 7) is 1.93. The predicted octanol–water partition coefficient (Wildman–Crippen LogP) is -0.847. The molecule has 10 heavy (non-hydrogen) atoms. The Morgan fingerprint density at radius 3 is 3.00 bits per heavy atom. The molecule has 0 amide bonds. The summed E-state index contributed by atoms with van der Waals surface area (Å²) in [4.78, 5) is 2.30. The summed E-state index contributed by atoms with van der Waals surface area (Å²) in [5.41, 5.74) is 5.77. The molecule has 3 nitrogen and oxygen atoms in total. The van der Waals surface area contributed by atoms with Gasteiger partial charge in [-0.2, -0.15) is 0 Å². The molecule has 0 unspecified atom stereocenters. The Kier molecular flexibility index (Phi) is 1.44. The Morgan fingerprint density at radius 1 is 1.50 bits per heavy atom. The van der Waals surface area contributed by atoms with Gasteiger partial charge in [0, 0.05) is 18.6 Å². The Balaban J connectivity index is 2.09. The molecule has 3 N–H and O–H groups in total. The fourth-order valence-corrected chi connectivity index (χ4v) is 2.13. The molecule has 2 aliphatic rings. The molecular formula is C7H14N2O. The SMILES string of the molecule is N[C@H]1[C@H](O)CN2CCC[C@H]12. The first-order valence-electron chi connectivity index (χ1n) is 3.97. The van der Waals surface area contributed by atoms with Crippen molar-refractivity contribution >= 4 is 0 Å². The van der Waals surface area contributed by atoms with Crippen molar-refractivity contribution in [2.45, 2.75) is 31.0 Å². The van der Waals surface area contributed by atoms with Crippen molar-refractivity contribution in [2.75, 3.05) is 13.1 Å². The third-order valence-corrected chi connectivity index (χ3v) is 2.72. The van der Waals surface area contributed by atoms with Gasteiger partial charge in [0.05, 0.1) is 6.10 Å². The molecule has 0 spiro atoms. The summed E-state index contributed by atoms with van der Waals surface area (Å²) in [7, 11) is 0. The van der Waals surface area contributed by atoms with Crippen LogP contribution in [-0.4, -0.2) is 41.3 Å². The zero-order chi connectivity index (χ0) is 7.14. The van der Waals surface area contributed by atoms with Crippen LogP contribution in [0.2, 0.25) is 0 Å². The van der Waals surface area contributed by atoms with Crippen molar-refractivity contribution in [2.24, 2.45) is 5.73 Å². The minimum Gasteiger partial charge on any atom is -0.390 e. The number of hydrogen-bond donors (Lipinski definition) is 2. The molecule has 3 atom stereocenters. The Bertz CT molecular complexity index is 138. The van der Waals surface area contributed by atoms with Gasteiger partial charge in [0.2, 0.25) is 0 Å². The molecule has 2 heterocycles. The average molecular weight is 142 g/mol. The van der Waals surface area contributed by atoms with E-state index in [0.717, 1.165) is 13.1 Å². The zero-order valence-electron chi connectivity index (χ0n) is 6.03. The van der Waals surface area contributed by atoms with E-state index < -0.39 is 0 Å². The standard InChI is InChI=1S/C7H14N2O/c8-7-5-2-1-3-9(5)4-6(7)10/h5-7,10H,1-4,8H2/t5-,6-,7-/m1/s1. The van der Waals surface area contributed by atoms with E-state index in [2.05, 4.69) is 4.90 Å². The van der Waals surface area contributed by atoms with Gasteiger partial charge in [-0.1, -0.05) is 0 Å². The number of hydrogen-bond acceptors (Lipinski definition) is 3. The second-order valence-electron chi connectivity index (χ2n) is 3.35. The molecule has 0 saturated carbocycles. The lowest BCUT2D eigenvalue weighted by atomic mass is 10.1. The molecule has 2 fully saturated rings. The number of aliphatic hydroxyl groups excluding tert-OH is 1. The van der Waals surface area contributed by atoms with Crippen LogP contribution in [0.3, 0.4) is 0 Å². The van der Waals surface area contributed by atoms with E-state index in [4.69, 9.17) is 5.73 Å². The van der Waals surface area contributed by atoms with E-state index in [1.165, 1.54) is 12.8 Å². The molecule has 0 aromatic heterocycles. The largest absolute Gasteiger partial charge is 0.390 e. The zero-order valence-corrected chi connectivity index (χ0v) is 6.03. The van der Waals surface area contributed by atoms with E-state index in [1.54, 1.807) is 0 Å². The number of fused-ring (bicyclic) bond motifs is 1. The van der Waals surface area contributed by atoms with Gasteiger partial charge in [-0.3, -0.25) is 4.90 Å². The lowest BCUT2D eigenvalue weighted by molar-refractivity contribution is 0.164. The van der Waals surface area contributed by atoms with Gasteiger partial charge in [-0.15, -0.1) is 0 Å². The van der Waals surface area contributed by atoms with Crippen LogP contribution in [0.1, 0.15) is 12.8 Å². The molecule has 0 aliphatic carbocycles. The summed E-state index contributed by atoms with van der Waals surface area (Å²) in [6, 6.07) is 0.498. The lowest BCUT2D eigenvalue weighted by Gasteiger charge is -2.15. The molecule has 2 rings (SSSR count). The highest BCUT2D eigenvalue weighted by atomic mass is 16.3. The fraction of sp³-hybridized carbons (Fsp3) is 1.00. The van der Waals surface area contributed by atoms with Crippen LogP contribution in [0.5, 0.6) is 0 Å². The molecule has 3 heteroatoms. The fourth-order valence-electron chi connectivity index (χ4n) is 2.13. The molecule has 58 valence electrons. The van der Waals surface area contributed by atoms with Crippen LogP contribution in [0.25, 0.3) is 0 Å². The van der Waals surface area contributed by atoms with Gasteiger partial charge in [0.25, 0.3) is 0 Å². The second kappa shape index (κ2) is 2.19. The highest BCUT2D eigenvalue weighted by Crippen LogP contribution is 2.26. The minimum atomic E-state index is -0.273. The third kappa shape index (κ3) is 0.779. The maximum absolute atomic E-state index is 9.34. The van der Waals surface area contributed by atoms with Crippen LogP contribution >= 0.6 is 0 Å². The molecule has 0 aromatic rings. The molecular weight excluding hydrogens is 128 g/mol. The first-order valence-corrected chi connectivity index (χ1v) is 3.97. The molecule has 2 aliphatic heterocycles. The van der Waals surface area contributed by atoms with Crippen LogP contribution in [0, 0.1) is 0 Å².